The summed E-state index contributed by atoms with van der Waals surface area (Å²) in [4.78, 5) is 0. The second-order valence-electron chi connectivity index (χ2n) is 0.429. The molecule has 0 spiro atoms. The number of hydrogen-bond donors (Lipinski definition) is 0. The van der Waals surface area contributed by atoms with Gasteiger partial charge in [0.1, 0.15) is 0 Å². The molecule has 0 saturated carbocycles. The van der Waals surface area contributed by atoms with Crippen LogP contribution in [0.1, 0.15) is 0 Å². The van der Waals surface area contributed by atoms with Crippen LogP contribution >= 0.6 is 31.9 Å². The molecule has 0 radical (unpaired) electrons. The van der Waals surface area contributed by atoms with Crippen molar-refractivity contribution < 1.29 is 14.3 Å². The molecule has 0 fully saturated rings. The molecule has 0 unspecified atom stereocenters. The fourth-order valence-electron chi connectivity index (χ4n) is 0. The van der Waals surface area contributed by atoms with E-state index in [1.54, 1.807) is 0 Å². The molecule has 0 heterocycles. The molecular weight excluding hydrogens is 226 g/mol. The predicted octanol–water partition coefficient (Wildman–Crippen LogP) is 1.50. The number of hydrogen-bond acceptors (Lipinski definition) is 0. The van der Waals surface area contributed by atoms with E-state index in [-0.39, 0.29) is 5.48 Å². The van der Waals surface area contributed by atoms with Gasteiger partial charge >= 0.3 is 3.74 Å². The highest BCUT2D eigenvalue weighted by Crippen LogP contribution is 2.28. The van der Waals surface area contributed by atoms with Crippen LogP contribution in [0.25, 0.3) is 0 Å². The fourth-order valence-corrected chi connectivity index (χ4v) is 0. The largest absolute Gasteiger partial charge is 0.412 e. The van der Waals surface area contributed by atoms with Crippen molar-refractivity contribution in [1.29, 1.82) is 0 Å². The van der Waals surface area contributed by atoms with Crippen molar-refractivity contribution in [3.05, 3.63) is 0 Å². The minimum Gasteiger partial charge on any atom is -0.412 e. The lowest BCUT2D eigenvalue weighted by molar-refractivity contribution is 0.229. The van der Waals surface area contributed by atoms with Crippen LogP contribution in [0.15, 0.2) is 0 Å². The summed E-state index contributed by atoms with van der Waals surface area (Å²) in [5, 5.41) is 0. The van der Waals surface area contributed by atoms with E-state index in [0.29, 0.717) is 0 Å². The average Bonchev–Trinajstić information content (AvgIpc) is 0.722. The maximum atomic E-state index is 10.9. The van der Waals surface area contributed by atoms with Gasteiger partial charge in [0.05, 0.1) is 0 Å². The highest BCUT2D eigenvalue weighted by molar-refractivity contribution is 9.25. The van der Waals surface area contributed by atoms with Crippen LogP contribution in [0.2, 0.25) is 0 Å². The highest BCUT2D eigenvalue weighted by atomic mass is 79.9. The molecule has 0 aliphatic rings. The van der Waals surface area contributed by atoms with E-state index in [2.05, 4.69) is 0 Å². The predicted molar refractivity (Wildman–Crippen MR) is 26.4 cm³/mol. The minimum absolute atomic E-state index is 0. The van der Waals surface area contributed by atoms with E-state index in [4.69, 9.17) is 0 Å². The van der Waals surface area contributed by atoms with Gasteiger partial charge in [0, 0.05) is 31.9 Å². The monoisotopic (exact) mass is 226 g/mol. The molecule has 0 aliphatic carbocycles. The third-order valence-corrected chi connectivity index (χ3v) is 0. The molecule has 40 valence electrons. The van der Waals surface area contributed by atoms with E-state index >= 15 is 0 Å². The molecule has 2 N–H and O–H groups in total. The second kappa shape index (κ2) is 2.87. The molecule has 5 heteroatoms. The maximum absolute atomic E-state index is 10.9. The molecule has 0 aromatic rings. The summed E-state index contributed by atoms with van der Waals surface area (Å²) in [6.07, 6.45) is 0. The van der Waals surface area contributed by atoms with Crippen molar-refractivity contribution in [2.24, 2.45) is 0 Å². The van der Waals surface area contributed by atoms with Crippen molar-refractivity contribution in [2.75, 3.05) is 0 Å². The lowest BCUT2D eigenvalue weighted by Crippen LogP contribution is -1.84. The van der Waals surface area contributed by atoms with Gasteiger partial charge < -0.3 is 5.48 Å². The maximum Gasteiger partial charge on any atom is 0.356 e. The summed E-state index contributed by atoms with van der Waals surface area (Å²) >= 11 is 3.92. The topological polar surface area (TPSA) is 31.5 Å². The molecule has 1 nitrogen and oxygen atoms in total. The molecule has 0 saturated heterocycles. The van der Waals surface area contributed by atoms with Gasteiger partial charge in [0.2, 0.25) is 0 Å². The Morgan fingerprint density at radius 3 is 1.17 bits per heavy atom. The van der Waals surface area contributed by atoms with E-state index in [1.165, 1.54) is 0 Å². The molecule has 0 aromatic heterocycles. The van der Waals surface area contributed by atoms with Gasteiger partial charge in [0.15, 0.2) is 0 Å². The Bertz CT molecular complexity index is 27.0. The summed E-state index contributed by atoms with van der Waals surface area (Å²) < 4.78 is 18.8. The van der Waals surface area contributed by atoms with E-state index in [9.17, 15) is 8.78 Å². The standard InChI is InChI=1S/CBr2F2.H2O/c2-1(3,4)5;/h;1H2. The first kappa shape index (κ1) is 9.91. The SMILES string of the molecule is FC(F)(Br)Br.O. The second-order valence-corrected chi connectivity index (χ2v) is 3.48. The molecule has 0 rings (SSSR count). The molecule has 0 aliphatic heterocycles. The Kier molecular flexibility index (Phi) is 4.75. The van der Waals surface area contributed by atoms with Gasteiger partial charge in [-0.1, -0.05) is 0 Å². The molecular formula is CH2Br2F2O. The van der Waals surface area contributed by atoms with Crippen molar-refractivity contribution in [3.63, 3.8) is 0 Å². The Morgan fingerprint density at radius 2 is 1.17 bits per heavy atom. The van der Waals surface area contributed by atoms with Gasteiger partial charge in [-0.15, -0.1) is 0 Å². The van der Waals surface area contributed by atoms with Gasteiger partial charge in [-0.05, 0) is 0 Å². The van der Waals surface area contributed by atoms with Gasteiger partial charge in [-0.3, -0.25) is 0 Å². The smallest absolute Gasteiger partial charge is 0.356 e. The van der Waals surface area contributed by atoms with Crippen molar-refractivity contribution in [3.8, 4) is 0 Å². The highest BCUT2D eigenvalue weighted by Gasteiger charge is 2.15. The number of rotatable bonds is 0. The van der Waals surface area contributed by atoms with Crippen molar-refractivity contribution in [1.82, 2.24) is 0 Å². The van der Waals surface area contributed by atoms with Crippen LogP contribution in [0.4, 0.5) is 8.78 Å². The van der Waals surface area contributed by atoms with Gasteiger partial charge in [-0.2, -0.15) is 8.78 Å². The molecule has 0 atom stereocenters. The molecule has 0 aromatic carbocycles. The normalized spacial score (nSPS) is 10.0. The average molecular weight is 228 g/mol. The zero-order valence-electron chi connectivity index (χ0n) is 2.51. The van der Waals surface area contributed by atoms with Crippen LogP contribution < -0.4 is 0 Å². The van der Waals surface area contributed by atoms with E-state index in [0.717, 1.165) is 0 Å². The molecule has 0 bridgehead atoms. The Labute approximate surface area is 50.3 Å². The zero-order valence-corrected chi connectivity index (χ0v) is 5.68. The summed E-state index contributed by atoms with van der Waals surface area (Å²) in [7, 11) is 0. The summed E-state index contributed by atoms with van der Waals surface area (Å²) in [5.74, 6) is 0. The lowest BCUT2D eigenvalue weighted by atomic mass is 11.7. The van der Waals surface area contributed by atoms with Gasteiger partial charge in [-0.25, -0.2) is 0 Å². The molecule has 0 amide bonds. The van der Waals surface area contributed by atoms with Crippen LogP contribution in [0.3, 0.4) is 0 Å². The van der Waals surface area contributed by atoms with Crippen LogP contribution in [-0.4, -0.2) is 9.22 Å². The van der Waals surface area contributed by atoms with Crippen LogP contribution in [0, 0.1) is 0 Å². The Balaban J connectivity index is 0. The summed E-state index contributed by atoms with van der Waals surface area (Å²) in [6.45, 7) is 0. The molecule has 6 heavy (non-hydrogen) atoms. The Hall–Kier alpha value is 0.780. The fraction of sp³-hybridized carbons (Fsp3) is 1.00. The lowest BCUT2D eigenvalue weighted by Gasteiger charge is -1.88. The first-order chi connectivity index (χ1) is 2.00. The quantitative estimate of drug-likeness (QED) is 0.562. The van der Waals surface area contributed by atoms with Gasteiger partial charge in [0.25, 0.3) is 0 Å². The third-order valence-electron chi connectivity index (χ3n) is 0. The minimum atomic E-state index is -2.88. The first-order valence-electron chi connectivity index (χ1n) is 0.756. The van der Waals surface area contributed by atoms with E-state index in [1.807, 2.05) is 31.9 Å². The number of halogens is 4. The third kappa shape index (κ3) is 112. The zero-order chi connectivity index (χ0) is 4.50. The van der Waals surface area contributed by atoms with Crippen molar-refractivity contribution in [2.45, 2.75) is 3.74 Å². The number of alkyl halides is 4. The van der Waals surface area contributed by atoms with Crippen molar-refractivity contribution >= 4 is 31.9 Å². The summed E-state index contributed by atoms with van der Waals surface area (Å²) in [6, 6.07) is 0. The van der Waals surface area contributed by atoms with Crippen LogP contribution in [-0.2, 0) is 0 Å². The Morgan fingerprint density at radius 1 is 1.17 bits per heavy atom. The van der Waals surface area contributed by atoms with E-state index < -0.39 is 3.74 Å². The first-order valence-corrected chi connectivity index (χ1v) is 2.34. The summed E-state index contributed by atoms with van der Waals surface area (Å²) in [5.41, 5.74) is 0. The van der Waals surface area contributed by atoms with Crippen LogP contribution in [0.5, 0.6) is 0 Å².